The zero-order valence-electron chi connectivity index (χ0n) is 20.1. The molecule has 0 atom stereocenters. The first kappa shape index (κ1) is 24.8. The highest BCUT2D eigenvalue weighted by Crippen LogP contribution is 2.33. The molecule has 2 N–H and O–H groups in total. The van der Waals surface area contributed by atoms with E-state index in [0.29, 0.717) is 28.4 Å². The SMILES string of the molecule is COc1c(Cl)cc(Cl)cc1CNCCC1CCC(Nc2nc(N(C)C)c3ccccc3n2)CC1. The fourth-order valence-corrected chi connectivity index (χ4v) is 5.36. The maximum Gasteiger partial charge on any atom is 0.225 e. The maximum absolute atomic E-state index is 6.24. The summed E-state index contributed by atoms with van der Waals surface area (Å²) in [5, 5.41) is 9.37. The van der Waals surface area contributed by atoms with E-state index in [2.05, 4.69) is 16.7 Å². The molecule has 0 unspecified atom stereocenters. The summed E-state index contributed by atoms with van der Waals surface area (Å²) in [5.74, 6) is 3.09. The Hall–Kier alpha value is -2.28. The molecular weight excluding hydrogens is 469 g/mol. The smallest absolute Gasteiger partial charge is 0.225 e. The van der Waals surface area contributed by atoms with Crippen LogP contribution in [0.2, 0.25) is 10.0 Å². The second kappa shape index (κ2) is 11.4. The summed E-state index contributed by atoms with van der Waals surface area (Å²) in [6, 6.07) is 12.2. The van der Waals surface area contributed by atoms with E-state index < -0.39 is 0 Å². The van der Waals surface area contributed by atoms with Gasteiger partial charge in [0, 0.05) is 42.7 Å². The van der Waals surface area contributed by atoms with E-state index >= 15 is 0 Å². The van der Waals surface area contributed by atoms with Crippen LogP contribution in [0.3, 0.4) is 0 Å². The van der Waals surface area contributed by atoms with Crippen molar-refractivity contribution < 1.29 is 4.74 Å². The fourth-order valence-electron chi connectivity index (χ4n) is 4.75. The van der Waals surface area contributed by atoms with Crippen LogP contribution >= 0.6 is 23.2 Å². The van der Waals surface area contributed by atoms with Crippen molar-refractivity contribution in [3.63, 3.8) is 0 Å². The third kappa shape index (κ3) is 6.04. The molecule has 2 aromatic carbocycles. The Morgan fingerprint density at radius 3 is 2.56 bits per heavy atom. The molecule has 34 heavy (non-hydrogen) atoms. The van der Waals surface area contributed by atoms with Crippen LogP contribution in [0.5, 0.6) is 5.75 Å². The zero-order valence-corrected chi connectivity index (χ0v) is 21.6. The largest absolute Gasteiger partial charge is 0.495 e. The van der Waals surface area contributed by atoms with Gasteiger partial charge in [-0.1, -0.05) is 35.3 Å². The molecule has 0 radical (unpaired) electrons. The van der Waals surface area contributed by atoms with Crippen LogP contribution < -0.4 is 20.3 Å². The number of rotatable bonds is 9. The van der Waals surface area contributed by atoms with E-state index in [1.807, 2.05) is 43.3 Å². The van der Waals surface area contributed by atoms with Gasteiger partial charge in [0.25, 0.3) is 0 Å². The Kier molecular flexibility index (Phi) is 8.35. The number of anilines is 2. The van der Waals surface area contributed by atoms with Crippen molar-refractivity contribution in [1.82, 2.24) is 15.3 Å². The van der Waals surface area contributed by atoms with Gasteiger partial charge in [0.1, 0.15) is 11.6 Å². The number of fused-ring (bicyclic) bond motifs is 1. The molecule has 182 valence electrons. The molecule has 0 aliphatic heterocycles. The maximum atomic E-state index is 6.24. The fraction of sp³-hybridized carbons (Fsp3) is 0.462. The number of ether oxygens (including phenoxy) is 1. The predicted octanol–water partition coefficient (Wildman–Crippen LogP) is 6.16. The van der Waals surface area contributed by atoms with Crippen LogP contribution in [-0.4, -0.2) is 43.8 Å². The highest BCUT2D eigenvalue weighted by Gasteiger charge is 2.22. The molecule has 1 aliphatic carbocycles. The summed E-state index contributed by atoms with van der Waals surface area (Å²) < 4.78 is 5.43. The average Bonchev–Trinajstić information content (AvgIpc) is 2.82. The summed E-state index contributed by atoms with van der Waals surface area (Å²) in [6.07, 6.45) is 5.84. The Balaban J connectivity index is 1.25. The first-order chi connectivity index (χ1) is 16.4. The molecule has 3 aromatic rings. The molecule has 1 saturated carbocycles. The van der Waals surface area contributed by atoms with Crippen LogP contribution in [0.4, 0.5) is 11.8 Å². The lowest BCUT2D eigenvalue weighted by molar-refractivity contribution is 0.316. The van der Waals surface area contributed by atoms with Gasteiger partial charge in [0.15, 0.2) is 0 Å². The molecule has 8 heteroatoms. The number of hydrogen-bond acceptors (Lipinski definition) is 6. The number of halogens is 2. The number of methoxy groups -OCH3 is 1. The summed E-state index contributed by atoms with van der Waals surface area (Å²) in [5.41, 5.74) is 1.96. The first-order valence-corrected chi connectivity index (χ1v) is 12.6. The zero-order chi connectivity index (χ0) is 24.1. The Bertz CT molecular complexity index is 1120. The molecule has 0 bridgehead atoms. The lowest BCUT2D eigenvalue weighted by atomic mass is 9.84. The minimum absolute atomic E-state index is 0.415. The number of benzene rings is 2. The number of nitrogens with one attached hydrogen (secondary N) is 2. The number of aromatic nitrogens is 2. The van der Waals surface area contributed by atoms with Crippen molar-refractivity contribution in [2.45, 2.75) is 44.7 Å². The van der Waals surface area contributed by atoms with Gasteiger partial charge in [-0.25, -0.2) is 4.98 Å². The van der Waals surface area contributed by atoms with E-state index in [0.717, 1.165) is 60.0 Å². The normalized spacial score (nSPS) is 18.1. The molecule has 1 fully saturated rings. The lowest BCUT2D eigenvalue weighted by Crippen LogP contribution is -2.28. The van der Waals surface area contributed by atoms with Crippen LogP contribution in [0.1, 0.15) is 37.7 Å². The van der Waals surface area contributed by atoms with Crippen molar-refractivity contribution in [1.29, 1.82) is 0 Å². The molecule has 1 aliphatic rings. The minimum Gasteiger partial charge on any atom is -0.495 e. The molecule has 0 amide bonds. The van der Waals surface area contributed by atoms with E-state index in [4.69, 9.17) is 37.9 Å². The van der Waals surface area contributed by atoms with Crippen molar-refractivity contribution in [3.8, 4) is 5.75 Å². The van der Waals surface area contributed by atoms with Crippen molar-refractivity contribution in [3.05, 3.63) is 52.0 Å². The van der Waals surface area contributed by atoms with Gasteiger partial charge in [-0.3, -0.25) is 0 Å². The van der Waals surface area contributed by atoms with Gasteiger partial charge in [-0.15, -0.1) is 0 Å². The second-order valence-corrected chi connectivity index (χ2v) is 10.0. The third-order valence-electron chi connectivity index (χ3n) is 6.52. The second-order valence-electron chi connectivity index (χ2n) is 9.19. The third-order valence-corrected chi connectivity index (χ3v) is 7.02. The highest BCUT2D eigenvalue weighted by molar-refractivity contribution is 6.35. The first-order valence-electron chi connectivity index (χ1n) is 11.9. The van der Waals surface area contributed by atoms with E-state index in [9.17, 15) is 0 Å². The Morgan fingerprint density at radius 1 is 1.06 bits per heavy atom. The highest BCUT2D eigenvalue weighted by atomic mass is 35.5. The summed E-state index contributed by atoms with van der Waals surface area (Å²) in [4.78, 5) is 11.6. The van der Waals surface area contributed by atoms with E-state index in [1.165, 1.54) is 12.8 Å². The predicted molar refractivity (Wildman–Crippen MR) is 143 cm³/mol. The van der Waals surface area contributed by atoms with Crippen LogP contribution in [-0.2, 0) is 6.54 Å². The molecule has 0 saturated heterocycles. The van der Waals surface area contributed by atoms with E-state index in [1.54, 1.807) is 13.2 Å². The van der Waals surface area contributed by atoms with Gasteiger partial charge in [-0.2, -0.15) is 4.98 Å². The van der Waals surface area contributed by atoms with Gasteiger partial charge in [0.2, 0.25) is 5.95 Å². The minimum atomic E-state index is 0.415. The number of nitrogens with zero attached hydrogens (tertiary/aromatic N) is 3. The van der Waals surface area contributed by atoms with Crippen molar-refractivity contribution >= 4 is 45.9 Å². The van der Waals surface area contributed by atoms with E-state index in [-0.39, 0.29) is 0 Å². The number of hydrogen-bond donors (Lipinski definition) is 2. The molecule has 1 heterocycles. The quantitative estimate of drug-likeness (QED) is 0.342. The molecule has 1 aromatic heterocycles. The lowest BCUT2D eigenvalue weighted by Gasteiger charge is -2.29. The molecular formula is C26H33Cl2N5O. The monoisotopic (exact) mass is 501 g/mol. The summed E-state index contributed by atoms with van der Waals surface area (Å²) in [7, 11) is 5.68. The Labute approximate surface area is 212 Å². The van der Waals surface area contributed by atoms with Crippen LogP contribution in [0.15, 0.2) is 36.4 Å². The molecule has 6 nitrogen and oxygen atoms in total. The average molecular weight is 502 g/mol. The Morgan fingerprint density at radius 2 is 1.82 bits per heavy atom. The molecule has 0 spiro atoms. The standard InChI is InChI=1S/C26H33Cl2N5O/c1-33(2)25-21-6-4-5-7-23(21)31-26(32-25)30-20-10-8-17(9-11-20)12-13-29-16-18-14-19(27)15-22(28)24(18)34-3/h4-7,14-15,17,20,29H,8-13,16H2,1-3H3,(H,30,31,32). The van der Waals surface area contributed by atoms with Crippen molar-refractivity contribution in [2.24, 2.45) is 5.92 Å². The van der Waals surface area contributed by atoms with Gasteiger partial charge in [-0.05, 0) is 68.8 Å². The summed E-state index contributed by atoms with van der Waals surface area (Å²) in [6.45, 7) is 1.64. The molecule has 4 rings (SSSR count). The number of para-hydroxylation sites is 1. The van der Waals surface area contributed by atoms with Crippen molar-refractivity contribution in [2.75, 3.05) is 38.0 Å². The topological polar surface area (TPSA) is 62.3 Å². The van der Waals surface area contributed by atoms with Gasteiger partial charge < -0.3 is 20.3 Å². The summed E-state index contributed by atoms with van der Waals surface area (Å²) >= 11 is 12.4. The van der Waals surface area contributed by atoms with Crippen LogP contribution in [0.25, 0.3) is 10.9 Å². The van der Waals surface area contributed by atoms with Gasteiger partial charge in [0.05, 0.1) is 17.6 Å². The van der Waals surface area contributed by atoms with Gasteiger partial charge >= 0.3 is 0 Å². The van der Waals surface area contributed by atoms with Crippen LogP contribution in [0, 0.1) is 5.92 Å².